The largest absolute Gasteiger partial charge is 0.497 e. The third-order valence-corrected chi connectivity index (χ3v) is 2.93. The highest BCUT2D eigenvalue weighted by Gasteiger charge is 2.18. The van der Waals surface area contributed by atoms with Crippen LogP contribution in [0.15, 0.2) is 18.2 Å². The zero-order chi connectivity index (χ0) is 15.1. The fourth-order valence-electron chi connectivity index (χ4n) is 1.80. The summed E-state index contributed by atoms with van der Waals surface area (Å²) in [5, 5.41) is 3.25. The van der Waals surface area contributed by atoms with Gasteiger partial charge in [-0.05, 0) is 31.7 Å². The van der Waals surface area contributed by atoms with Gasteiger partial charge < -0.3 is 19.7 Å². The van der Waals surface area contributed by atoms with Crippen LogP contribution in [0, 0.1) is 0 Å². The number of amides is 1. The average molecular weight is 280 g/mol. The molecule has 5 nitrogen and oxygen atoms in total. The van der Waals surface area contributed by atoms with E-state index in [1.165, 1.54) is 4.90 Å². The minimum Gasteiger partial charge on any atom is -0.497 e. The predicted octanol–water partition coefficient (Wildman–Crippen LogP) is 1.66. The molecule has 112 valence electrons. The van der Waals surface area contributed by atoms with E-state index in [4.69, 9.17) is 9.47 Å². The van der Waals surface area contributed by atoms with Crippen LogP contribution in [-0.4, -0.2) is 44.7 Å². The van der Waals surface area contributed by atoms with Crippen LogP contribution in [-0.2, 0) is 11.3 Å². The number of carbonyl (C=O) groups excluding carboxylic acids is 1. The van der Waals surface area contributed by atoms with Crippen LogP contribution < -0.4 is 14.8 Å². The molecule has 1 amide bonds. The molecule has 1 rings (SSSR count). The molecule has 1 aromatic carbocycles. The Morgan fingerprint density at radius 2 is 2.10 bits per heavy atom. The first-order valence-electron chi connectivity index (χ1n) is 6.75. The maximum absolute atomic E-state index is 11.9. The van der Waals surface area contributed by atoms with Gasteiger partial charge in [0.1, 0.15) is 11.5 Å². The van der Waals surface area contributed by atoms with Gasteiger partial charge in [0.25, 0.3) is 5.91 Å². The molecule has 1 aromatic rings. The predicted molar refractivity (Wildman–Crippen MR) is 79.2 cm³/mol. The van der Waals surface area contributed by atoms with Crippen LogP contribution in [0.5, 0.6) is 11.5 Å². The van der Waals surface area contributed by atoms with E-state index in [9.17, 15) is 4.79 Å². The van der Waals surface area contributed by atoms with Crippen molar-refractivity contribution in [3.63, 3.8) is 0 Å². The van der Waals surface area contributed by atoms with E-state index in [-0.39, 0.29) is 5.91 Å². The Labute approximate surface area is 120 Å². The highest BCUT2D eigenvalue weighted by atomic mass is 16.5. The molecule has 0 saturated carbocycles. The molecule has 1 atom stereocenters. The maximum atomic E-state index is 11.9. The van der Waals surface area contributed by atoms with Crippen molar-refractivity contribution in [3.8, 4) is 11.5 Å². The van der Waals surface area contributed by atoms with Crippen LogP contribution >= 0.6 is 0 Å². The van der Waals surface area contributed by atoms with E-state index in [2.05, 4.69) is 5.32 Å². The lowest BCUT2D eigenvalue weighted by Gasteiger charge is -2.20. The highest BCUT2D eigenvalue weighted by Crippen LogP contribution is 2.25. The SMILES string of the molecule is CCNCc1cc(OC)ccc1OC(C)C(=O)N(C)C. The molecule has 0 heterocycles. The van der Waals surface area contributed by atoms with Gasteiger partial charge in [0, 0.05) is 26.2 Å². The summed E-state index contributed by atoms with van der Waals surface area (Å²) in [5.74, 6) is 1.42. The first-order valence-corrected chi connectivity index (χ1v) is 6.75. The van der Waals surface area contributed by atoms with Crippen molar-refractivity contribution in [1.29, 1.82) is 0 Å². The number of benzene rings is 1. The molecule has 0 fully saturated rings. The summed E-state index contributed by atoms with van der Waals surface area (Å²) >= 11 is 0. The second kappa shape index (κ2) is 7.75. The van der Waals surface area contributed by atoms with Crippen molar-refractivity contribution in [2.75, 3.05) is 27.7 Å². The molecule has 0 bridgehead atoms. The van der Waals surface area contributed by atoms with Crippen LogP contribution in [0.25, 0.3) is 0 Å². The fraction of sp³-hybridized carbons (Fsp3) is 0.533. The van der Waals surface area contributed by atoms with Gasteiger partial charge in [0.15, 0.2) is 6.10 Å². The van der Waals surface area contributed by atoms with Crippen LogP contribution in [0.4, 0.5) is 0 Å². The van der Waals surface area contributed by atoms with Crippen LogP contribution in [0.2, 0.25) is 0 Å². The lowest BCUT2D eigenvalue weighted by molar-refractivity contribution is -0.135. The summed E-state index contributed by atoms with van der Waals surface area (Å²) in [4.78, 5) is 13.4. The molecule has 1 N–H and O–H groups in total. The van der Waals surface area contributed by atoms with Gasteiger partial charge in [-0.25, -0.2) is 0 Å². The van der Waals surface area contributed by atoms with Crippen LogP contribution in [0.3, 0.4) is 0 Å². The smallest absolute Gasteiger partial charge is 0.262 e. The van der Waals surface area contributed by atoms with E-state index in [1.807, 2.05) is 25.1 Å². The first kappa shape index (κ1) is 16.3. The van der Waals surface area contributed by atoms with E-state index < -0.39 is 6.10 Å². The molecule has 20 heavy (non-hydrogen) atoms. The summed E-state index contributed by atoms with van der Waals surface area (Å²) in [5.41, 5.74) is 0.976. The van der Waals surface area contributed by atoms with Crippen molar-refractivity contribution in [3.05, 3.63) is 23.8 Å². The second-order valence-corrected chi connectivity index (χ2v) is 4.75. The van der Waals surface area contributed by atoms with Gasteiger partial charge in [0.05, 0.1) is 7.11 Å². The van der Waals surface area contributed by atoms with Crippen molar-refractivity contribution >= 4 is 5.91 Å². The Balaban J connectivity index is 2.89. The van der Waals surface area contributed by atoms with Gasteiger partial charge in [-0.2, -0.15) is 0 Å². The first-order chi connectivity index (χ1) is 9.49. The summed E-state index contributed by atoms with van der Waals surface area (Å²) in [6.45, 7) is 5.33. The number of likely N-dealkylation sites (N-methyl/N-ethyl adjacent to an activating group) is 1. The lowest BCUT2D eigenvalue weighted by Crippen LogP contribution is -2.35. The Morgan fingerprint density at radius 1 is 1.40 bits per heavy atom. The number of hydrogen-bond acceptors (Lipinski definition) is 4. The molecule has 1 unspecified atom stereocenters. The number of nitrogens with zero attached hydrogens (tertiary/aromatic N) is 1. The topological polar surface area (TPSA) is 50.8 Å². The zero-order valence-electron chi connectivity index (χ0n) is 12.9. The van der Waals surface area contributed by atoms with Gasteiger partial charge in [-0.15, -0.1) is 0 Å². The molecule has 0 saturated heterocycles. The molecule has 0 spiro atoms. The number of carbonyl (C=O) groups is 1. The van der Waals surface area contributed by atoms with E-state index in [0.717, 1.165) is 17.9 Å². The Morgan fingerprint density at radius 3 is 2.65 bits per heavy atom. The van der Waals surface area contributed by atoms with Crippen molar-refractivity contribution in [2.45, 2.75) is 26.5 Å². The molecule has 0 aromatic heterocycles. The van der Waals surface area contributed by atoms with Gasteiger partial charge >= 0.3 is 0 Å². The second-order valence-electron chi connectivity index (χ2n) is 4.75. The lowest BCUT2D eigenvalue weighted by atomic mass is 10.2. The summed E-state index contributed by atoms with van der Waals surface area (Å²) < 4.78 is 11.0. The average Bonchev–Trinajstić information content (AvgIpc) is 2.45. The minimum atomic E-state index is -0.515. The van der Waals surface area contributed by atoms with Gasteiger partial charge in [-0.1, -0.05) is 6.92 Å². The molecular weight excluding hydrogens is 256 g/mol. The number of hydrogen-bond donors (Lipinski definition) is 1. The number of ether oxygens (including phenoxy) is 2. The molecule has 0 radical (unpaired) electrons. The van der Waals surface area contributed by atoms with E-state index in [0.29, 0.717) is 12.3 Å². The van der Waals surface area contributed by atoms with Gasteiger partial charge in [-0.3, -0.25) is 4.79 Å². The molecule has 0 aliphatic rings. The normalized spacial score (nSPS) is 11.8. The summed E-state index contributed by atoms with van der Waals surface area (Å²) in [6.07, 6.45) is -0.515. The number of nitrogens with one attached hydrogen (secondary N) is 1. The zero-order valence-corrected chi connectivity index (χ0v) is 12.9. The molecular formula is C15H24N2O3. The van der Waals surface area contributed by atoms with Gasteiger partial charge in [0.2, 0.25) is 0 Å². The summed E-state index contributed by atoms with van der Waals surface area (Å²) in [7, 11) is 5.07. The fourth-order valence-corrected chi connectivity index (χ4v) is 1.80. The summed E-state index contributed by atoms with van der Waals surface area (Å²) in [6, 6.07) is 5.59. The number of methoxy groups -OCH3 is 1. The maximum Gasteiger partial charge on any atom is 0.262 e. The van der Waals surface area contributed by atoms with Crippen molar-refractivity contribution in [1.82, 2.24) is 10.2 Å². The standard InChI is InChI=1S/C15H24N2O3/c1-6-16-10-12-9-13(19-5)7-8-14(12)20-11(2)15(18)17(3)4/h7-9,11,16H,6,10H2,1-5H3. The van der Waals surface area contributed by atoms with Crippen molar-refractivity contribution < 1.29 is 14.3 Å². The number of rotatable bonds is 7. The molecule has 0 aliphatic heterocycles. The van der Waals surface area contributed by atoms with E-state index >= 15 is 0 Å². The monoisotopic (exact) mass is 280 g/mol. The molecule has 5 heteroatoms. The Hall–Kier alpha value is -1.75. The minimum absolute atomic E-state index is 0.0600. The van der Waals surface area contributed by atoms with E-state index in [1.54, 1.807) is 28.1 Å². The van der Waals surface area contributed by atoms with Crippen molar-refractivity contribution in [2.24, 2.45) is 0 Å². The quantitative estimate of drug-likeness (QED) is 0.825. The van der Waals surface area contributed by atoms with Crippen LogP contribution in [0.1, 0.15) is 19.4 Å². The molecule has 0 aliphatic carbocycles. The Bertz CT molecular complexity index is 447. The highest BCUT2D eigenvalue weighted by molar-refractivity contribution is 5.80. The third kappa shape index (κ3) is 4.42. The Kier molecular flexibility index (Phi) is 6.31. The third-order valence-electron chi connectivity index (χ3n) is 2.93.